The van der Waals surface area contributed by atoms with E-state index in [1.54, 1.807) is 18.3 Å². The Kier molecular flexibility index (Phi) is 4.73. The van der Waals surface area contributed by atoms with Gasteiger partial charge in [-0.05, 0) is 34.1 Å². The summed E-state index contributed by atoms with van der Waals surface area (Å²) in [4.78, 5) is 21.6. The van der Waals surface area contributed by atoms with E-state index in [1.165, 1.54) is 16.7 Å². The average molecular weight is 393 g/mol. The smallest absolute Gasteiger partial charge is 0.258 e. The number of benzene rings is 1. The van der Waals surface area contributed by atoms with Crippen molar-refractivity contribution >= 4 is 39.4 Å². The molecule has 2 aromatic heterocycles. The number of aromatic nitrogens is 2. The van der Waals surface area contributed by atoms with Gasteiger partial charge in [-0.2, -0.15) is 0 Å². The number of rotatable bonds is 4. The minimum absolute atomic E-state index is 0.1000. The Morgan fingerprint density at radius 3 is 2.96 bits per heavy atom. The molecule has 2 heterocycles. The maximum absolute atomic E-state index is 12.0. The SMILES string of the molecule is O=c1cc(CO/N=C/c2ccccc2Cl)nc2ccc(Br)cn12. The number of hydrogen-bond donors (Lipinski definition) is 0. The van der Waals surface area contributed by atoms with Crippen molar-refractivity contribution in [1.82, 2.24) is 9.38 Å². The number of hydrogen-bond acceptors (Lipinski definition) is 4. The molecule has 7 heteroatoms. The summed E-state index contributed by atoms with van der Waals surface area (Å²) in [5.41, 5.74) is 1.64. The first-order valence-corrected chi connectivity index (χ1v) is 7.88. The van der Waals surface area contributed by atoms with Gasteiger partial charge in [0.25, 0.3) is 5.56 Å². The maximum Gasteiger partial charge on any atom is 0.258 e. The van der Waals surface area contributed by atoms with Crippen LogP contribution < -0.4 is 5.56 Å². The van der Waals surface area contributed by atoms with Crippen molar-refractivity contribution in [3.63, 3.8) is 0 Å². The quantitative estimate of drug-likeness (QED) is 0.503. The molecule has 23 heavy (non-hydrogen) atoms. The Morgan fingerprint density at radius 1 is 1.30 bits per heavy atom. The van der Waals surface area contributed by atoms with Crippen LogP contribution in [0.3, 0.4) is 0 Å². The van der Waals surface area contributed by atoms with Crippen molar-refractivity contribution in [3.05, 3.63) is 79.8 Å². The minimum atomic E-state index is -0.176. The molecule has 0 N–H and O–H groups in total. The van der Waals surface area contributed by atoms with E-state index < -0.39 is 0 Å². The molecule has 0 spiro atoms. The summed E-state index contributed by atoms with van der Waals surface area (Å²) in [6, 6.07) is 12.3. The molecular formula is C16H11BrClN3O2. The van der Waals surface area contributed by atoms with Crippen LogP contribution >= 0.6 is 27.5 Å². The molecule has 0 saturated heterocycles. The molecule has 3 aromatic rings. The Morgan fingerprint density at radius 2 is 2.13 bits per heavy atom. The van der Waals surface area contributed by atoms with E-state index in [-0.39, 0.29) is 12.2 Å². The molecular weight excluding hydrogens is 382 g/mol. The largest absolute Gasteiger partial charge is 0.389 e. The molecule has 0 aliphatic heterocycles. The highest BCUT2D eigenvalue weighted by atomic mass is 79.9. The van der Waals surface area contributed by atoms with Crippen molar-refractivity contribution in [2.24, 2.45) is 5.16 Å². The van der Waals surface area contributed by atoms with Gasteiger partial charge < -0.3 is 4.84 Å². The zero-order valence-corrected chi connectivity index (χ0v) is 14.2. The molecule has 0 atom stereocenters. The molecule has 0 fully saturated rings. The van der Waals surface area contributed by atoms with Gasteiger partial charge in [-0.25, -0.2) is 4.98 Å². The third-order valence-electron chi connectivity index (χ3n) is 3.06. The molecule has 116 valence electrons. The van der Waals surface area contributed by atoms with E-state index in [2.05, 4.69) is 26.1 Å². The van der Waals surface area contributed by atoms with Gasteiger partial charge in [0.2, 0.25) is 0 Å². The summed E-state index contributed by atoms with van der Waals surface area (Å²) in [6.45, 7) is 0.1000. The normalized spacial score (nSPS) is 11.2. The molecule has 0 amide bonds. The van der Waals surface area contributed by atoms with E-state index in [0.29, 0.717) is 16.4 Å². The van der Waals surface area contributed by atoms with Crippen molar-refractivity contribution in [2.75, 3.05) is 0 Å². The Hall–Kier alpha value is -2.18. The molecule has 0 unspecified atom stereocenters. The second-order valence-corrected chi connectivity index (χ2v) is 6.01. The van der Waals surface area contributed by atoms with Crippen molar-refractivity contribution in [1.29, 1.82) is 0 Å². The monoisotopic (exact) mass is 391 g/mol. The van der Waals surface area contributed by atoms with Gasteiger partial charge in [-0.15, -0.1) is 0 Å². The van der Waals surface area contributed by atoms with Crippen LogP contribution in [0.5, 0.6) is 0 Å². The molecule has 0 bridgehead atoms. The lowest BCUT2D eigenvalue weighted by Crippen LogP contribution is -2.15. The lowest BCUT2D eigenvalue weighted by Gasteiger charge is -2.03. The van der Waals surface area contributed by atoms with Crippen LogP contribution in [0.2, 0.25) is 5.02 Å². The van der Waals surface area contributed by atoms with E-state index >= 15 is 0 Å². The number of oxime groups is 1. The van der Waals surface area contributed by atoms with Crippen molar-refractivity contribution < 1.29 is 4.84 Å². The average Bonchev–Trinajstić information content (AvgIpc) is 2.54. The van der Waals surface area contributed by atoms with Crippen LogP contribution in [0.4, 0.5) is 0 Å². The molecule has 1 aromatic carbocycles. The van der Waals surface area contributed by atoms with Gasteiger partial charge in [0, 0.05) is 27.3 Å². The molecule has 3 rings (SSSR count). The molecule has 5 nitrogen and oxygen atoms in total. The summed E-state index contributed by atoms with van der Waals surface area (Å²) >= 11 is 9.33. The lowest BCUT2D eigenvalue weighted by atomic mass is 10.2. The fraction of sp³-hybridized carbons (Fsp3) is 0.0625. The van der Waals surface area contributed by atoms with Crippen LogP contribution in [-0.4, -0.2) is 15.6 Å². The van der Waals surface area contributed by atoms with E-state index in [9.17, 15) is 4.79 Å². The highest BCUT2D eigenvalue weighted by molar-refractivity contribution is 9.10. The first-order valence-electron chi connectivity index (χ1n) is 6.71. The molecule has 0 saturated carbocycles. The van der Waals surface area contributed by atoms with Crippen LogP contribution in [0.25, 0.3) is 5.65 Å². The topological polar surface area (TPSA) is 56.0 Å². The highest BCUT2D eigenvalue weighted by Crippen LogP contribution is 2.12. The summed E-state index contributed by atoms with van der Waals surface area (Å²) in [5.74, 6) is 0. The van der Waals surface area contributed by atoms with Gasteiger partial charge in [-0.1, -0.05) is 35.0 Å². The van der Waals surface area contributed by atoms with E-state index in [1.807, 2.05) is 24.3 Å². The number of fused-ring (bicyclic) bond motifs is 1. The zero-order chi connectivity index (χ0) is 16.2. The first-order chi connectivity index (χ1) is 11.1. The summed E-state index contributed by atoms with van der Waals surface area (Å²) < 4.78 is 2.27. The number of halogens is 2. The molecule has 0 aliphatic carbocycles. The summed E-state index contributed by atoms with van der Waals surface area (Å²) in [5, 5.41) is 4.45. The van der Waals surface area contributed by atoms with Crippen LogP contribution in [-0.2, 0) is 11.4 Å². The Labute approximate surface area is 145 Å². The number of pyridine rings is 1. The van der Waals surface area contributed by atoms with Gasteiger partial charge in [-0.3, -0.25) is 9.20 Å². The van der Waals surface area contributed by atoms with Crippen LogP contribution in [0.15, 0.2) is 63.1 Å². The predicted octanol–water partition coefficient (Wildman–Crippen LogP) is 3.66. The lowest BCUT2D eigenvalue weighted by molar-refractivity contribution is 0.129. The zero-order valence-electron chi connectivity index (χ0n) is 11.8. The first kappa shape index (κ1) is 15.7. The fourth-order valence-electron chi connectivity index (χ4n) is 1.98. The van der Waals surface area contributed by atoms with Gasteiger partial charge >= 0.3 is 0 Å². The summed E-state index contributed by atoms with van der Waals surface area (Å²) in [7, 11) is 0. The maximum atomic E-state index is 12.0. The minimum Gasteiger partial charge on any atom is -0.389 e. The predicted molar refractivity (Wildman–Crippen MR) is 93.0 cm³/mol. The second kappa shape index (κ2) is 6.93. The van der Waals surface area contributed by atoms with E-state index in [0.717, 1.165) is 10.0 Å². The highest BCUT2D eigenvalue weighted by Gasteiger charge is 2.03. The third-order valence-corrected chi connectivity index (χ3v) is 3.87. The van der Waals surface area contributed by atoms with Crippen molar-refractivity contribution in [2.45, 2.75) is 6.61 Å². The second-order valence-electron chi connectivity index (χ2n) is 4.69. The third kappa shape index (κ3) is 3.78. The van der Waals surface area contributed by atoms with Gasteiger partial charge in [0.15, 0.2) is 6.61 Å². The standard InChI is InChI=1S/C16H11BrClN3O2/c17-12-5-6-15-20-13(7-16(22)21(15)9-12)10-23-19-8-11-3-1-2-4-14(11)18/h1-9H,10H2/b19-8+. The fourth-order valence-corrected chi connectivity index (χ4v) is 2.50. The van der Waals surface area contributed by atoms with Gasteiger partial charge in [0.1, 0.15) is 5.65 Å². The van der Waals surface area contributed by atoms with Crippen molar-refractivity contribution in [3.8, 4) is 0 Å². The van der Waals surface area contributed by atoms with Gasteiger partial charge in [0.05, 0.1) is 11.9 Å². The molecule has 0 aliphatic rings. The number of nitrogens with zero attached hydrogens (tertiary/aromatic N) is 3. The Balaban J connectivity index is 1.74. The van der Waals surface area contributed by atoms with E-state index in [4.69, 9.17) is 16.4 Å². The Bertz CT molecular complexity index is 940. The van der Waals surface area contributed by atoms with Crippen LogP contribution in [0.1, 0.15) is 11.3 Å². The summed E-state index contributed by atoms with van der Waals surface area (Å²) in [6.07, 6.45) is 3.19. The molecule has 0 radical (unpaired) electrons. The van der Waals surface area contributed by atoms with Crippen LogP contribution in [0, 0.1) is 0 Å².